The van der Waals surface area contributed by atoms with E-state index in [0.717, 1.165) is 47.9 Å². The maximum atomic E-state index is 14.6. The summed E-state index contributed by atoms with van der Waals surface area (Å²) in [6.45, 7) is -1.03. The summed E-state index contributed by atoms with van der Waals surface area (Å²) >= 11 is 9.84. The van der Waals surface area contributed by atoms with Gasteiger partial charge < -0.3 is 10.2 Å². The SMILES string of the molecule is O=C(NC1CCCC1)[C@H](Cc1ccccc1)N(Cc1cccc(Br)c1)C(=O)CN(c1cc(C(F)(F)F)ccc1Cl)S(=O)(=O)c1ccccc1. The van der Waals surface area contributed by atoms with Crippen molar-refractivity contribution in [3.05, 3.63) is 129 Å². The molecule has 4 aromatic carbocycles. The van der Waals surface area contributed by atoms with E-state index in [4.69, 9.17) is 11.6 Å². The monoisotopic (exact) mass is 775 g/mol. The molecule has 0 heterocycles. The van der Waals surface area contributed by atoms with Crippen LogP contribution in [-0.4, -0.2) is 43.8 Å². The van der Waals surface area contributed by atoms with Gasteiger partial charge in [-0.05, 0) is 66.4 Å². The second kappa shape index (κ2) is 15.8. The largest absolute Gasteiger partial charge is 0.416 e. The molecule has 49 heavy (non-hydrogen) atoms. The third-order valence-electron chi connectivity index (χ3n) is 8.37. The summed E-state index contributed by atoms with van der Waals surface area (Å²) in [4.78, 5) is 29.8. The van der Waals surface area contributed by atoms with E-state index in [1.807, 2.05) is 30.3 Å². The summed E-state index contributed by atoms with van der Waals surface area (Å²) in [6.07, 6.45) is -1.22. The summed E-state index contributed by atoms with van der Waals surface area (Å²) in [5.41, 5.74) is -0.262. The zero-order chi connectivity index (χ0) is 35.2. The summed E-state index contributed by atoms with van der Waals surface area (Å²) in [7, 11) is -4.64. The number of anilines is 1. The molecule has 0 spiro atoms. The molecule has 7 nitrogen and oxygen atoms in total. The Morgan fingerprint density at radius 3 is 2.14 bits per heavy atom. The Morgan fingerprint density at radius 2 is 1.51 bits per heavy atom. The Morgan fingerprint density at radius 1 is 0.878 bits per heavy atom. The average molecular weight is 777 g/mol. The zero-order valence-corrected chi connectivity index (χ0v) is 29.4. The highest BCUT2D eigenvalue weighted by Crippen LogP contribution is 2.37. The van der Waals surface area contributed by atoms with Crippen LogP contribution in [0.4, 0.5) is 18.9 Å². The van der Waals surface area contributed by atoms with Crippen molar-refractivity contribution in [2.75, 3.05) is 10.8 Å². The van der Waals surface area contributed by atoms with E-state index in [0.29, 0.717) is 15.9 Å². The standard InChI is InChI=1S/C36H34BrClF3N3O4S/c37-28-13-9-12-26(20-28)23-43(33(21-25-10-3-1-4-11-25)35(46)42-29-14-7-8-15-29)34(45)24-44(49(47,48)30-16-5-2-6-17-30)32-22-27(36(39,40)41)18-19-31(32)38/h1-6,9-13,16-20,22,29,33H,7-8,14-15,21,23-24H2,(H,42,46)/t33-/m0/s1. The van der Waals surface area contributed by atoms with Crippen LogP contribution in [-0.2, 0) is 38.8 Å². The smallest absolute Gasteiger partial charge is 0.352 e. The van der Waals surface area contributed by atoms with Crippen LogP contribution < -0.4 is 9.62 Å². The van der Waals surface area contributed by atoms with Gasteiger partial charge in [0.2, 0.25) is 11.8 Å². The van der Waals surface area contributed by atoms with Crippen LogP contribution in [0.2, 0.25) is 5.02 Å². The van der Waals surface area contributed by atoms with Gasteiger partial charge in [0.1, 0.15) is 12.6 Å². The van der Waals surface area contributed by atoms with E-state index in [1.165, 1.54) is 29.2 Å². The van der Waals surface area contributed by atoms with Crippen molar-refractivity contribution in [1.29, 1.82) is 0 Å². The van der Waals surface area contributed by atoms with Gasteiger partial charge in [-0.25, -0.2) is 8.42 Å². The number of nitrogens with one attached hydrogen (secondary N) is 1. The molecule has 258 valence electrons. The van der Waals surface area contributed by atoms with Crippen LogP contribution in [0.5, 0.6) is 0 Å². The van der Waals surface area contributed by atoms with Crippen LogP contribution in [0.25, 0.3) is 0 Å². The molecule has 1 aliphatic carbocycles. The highest BCUT2D eigenvalue weighted by Gasteiger charge is 2.38. The van der Waals surface area contributed by atoms with Crippen molar-refractivity contribution in [2.45, 2.75) is 61.8 Å². The molecule has 0 saturated heterocycles. The molecule has 1 N–H and O–H groups in total. The van der Waals surface area contributed by atoms with Crippen LogP contribution in [0.1, 0.15) is 42.4 Å². The topological polar surface area (TPSA) is 86.8 Å². The van der Waals surface area contributed by atoms with E-state index < -0.39 is 51.9 Å². The zero-order valence-electron chi connectivity index (χ0n) is 26.2. The van der Waals surface area contributed by atoms with Gasteiger partial charge in [-0.15, -0.1) is 0 Å². The lowest BCUT2D eigenvalue weighted by Gasteiger charge is -2.34. The average Bonchev–Trinajstić information content (AvgIpc) is 3.59. The molecular weight excluding hydrogens is 743 g/mol. The van der Waals surface area contributed by atoms with Crippen molar-refractivity contribution in [3.8, 4) is 0 Å². The fourth-order valence-electron chi connectivity index (χ4n) is 5.87. The molecule has 1 aliphatic rings. The number of hydrogen-bond acceptors (Lipinski definition) is 4. The van der Waals surface area contributed by atoms with Gasteiger partial charge in [0.25, 0.3) is 10.0 Å². The Kier molecular flexibility index (Phi) is 11.7. The number of carbonyl (C=O) groups is 2. The number of carbonyl (C=O) groups excluding carboxylic acids is 2. The van der Waals surface area contributed by atoms with Crippen molar-refractivity contribution in [1.82, 2.24) is 10.2 Å². The van der Waals surface area contributed by atoms with Crippen LogP contribution in [0.3, 0.4) is 0 Å². The van der Waals surface area contributed by atoms with Gasteiger partial charge in [0, 0.05) is 23.5 Å². The van der Waals surface area contributed by atoms with Crippen LogP contribution in [0, 0.1) is 0 Å². The van der Waals surface area contributed by atoms with Gasteiger partial charge in [0.15, 0.2) is 0 Å². The molecule has 1 saturated carbocycles. The summed E-state index contributed by atoms with van der Waals surface area (Å²) in [6, 6.07) is 24.4. The quantitative estimate of drug-likeness (QED) is 0.158. The van der Waals surface area contributed by atoms with Gasteiger partial charge >= 0.3 is 6.18 Å². The molecule has 0 aromatic heterocycles. The minimum Gasteiger partial charge on any atom is -0.352 e. The van der Waals surface area contributed by atoms with Gasteiger partial charge in [-0.1, -0.05) is 101 Å². The summed E-state index contributed by atoms with van der Waals surface area (Å²) < 4.78 is 71.3. The Bertz CT molecular complexity index is 1880. The number of sulfonamides is 1. The predicted molar refractivity (Wildman–Crippen MR) is 186 cm³/mol. The molecule has 4 aromatic rings. The van der Waals surface area contributed by atoms with Crippen molar-refractivity contribution in [3.63, 3.8) is 0 Å². The lowest BCUT2D eigenvalue weighted by atomic mass is 10.0. The number of amides is 2. The maximum Gasteiger partial charge on any atom is 0.416 e. The van der Waals surface area contributed by atoms with Crippen molar-refractivity contribution < 1.29 is 31.2 Å². The molecule has 1 fully saturated rings. The molecular formula is C36H34BrClF3N3O4S. The molecule has 0 radical (unpaired) electrons. The lowest BCUT2D eigenvalue weighted by Crippen LogP contribution is -2.54. The van der Waals surface area contributed by atoms with Gasteiger partial charge in [0.05, 0.1) is 21.2 Å². The number of halogens is 5. The number of hydrogen-bond donors (Lipinski definition) is 1. The molecule has 2 amide bonds. The first kappa shape index (κ1) is 36.4. The number of nitrogens with zero attached hydrogens (tertiary/aromatic N) is 2. The number of benzene rings is 4. The van der Waals surface area contributed by atoms with E-state index in [9.17, 15) is 31.2 Å². The Labute approximate surface area is 297 Å². The third-order valence-corrected chi connectivity index (χ3v) is 11.0. The first-order valence-corrected chi connectivity index (χ1v) is 18.3. The molecule has 5 rings (SSSR count). The minimum atomic E-state index is -4.82. The second-order valence-corrected chi connectivity index (χ2v) is 15.0. The predicted octanol–water partition coefficient (Wildman–Crippen LogP) is 8.02. The summed E-state index contributed by atoms with van der Waals surface area (Å²) in [5.74, 6) is -1.22. The van der Waals surface area contributed by atoms with E-state index >= 15 is 0 Å². The highest BCUT2D eigenvalue weighted by atomic mass is 79.9. The maximum absolute atomic E-state index is 14.6. The second-order valence-electron chi connectivity index (χ2n) is 11.8. The molecule has 0 unspecified atom stereocenters. The minimum absolute atomic E-state index is 0.0764. The fraction of sp³-hybridized carbons (Fsp3) is 0.278. The lowest BCUT2D eigenvalue weighted by molar-refractivity contribution is -0.140. The summed E-state index contributed by atoms with van der Waals surface area (Å²) in [5, 5.41) is 2.78. The fourth-order valence-corrected chi connectivity index (χ4v) is 8.03. The number of alkyl halides is 3. The third kappa shape index (κ3) is 9.23. The van der Waals surface area contributed by atoms with Crippen LogP contribution in [0.15, 0.2) is 112 Å². The van der Waals surface area contributed by atoms with E-state index in [2.05, 4.69) is 21.2 Å². The van der Waals surface area contributed by atoms with E-state index in [-0.39, 0.29) is 28.9 Å². The first-order valence-electron chi connectivity index (χ1n) is 15.7. The van der Waals surface area contributed by atoms with E-state index in [1.54, 1.807) is 30.3 Å². The van der Waals surface area contributed by atoms with Crippen molar-refractivity contribution >= 4 is 55.1 Å². The van der Waals surface area contributed by atoms with Gasteiger partial charge in [-0.2, -0.15) is 13.2 Å². The van der Waals surface area contributed by atoms with Crippen molar-refractivity contribution in [2.24, 2.45) is 0 Å². The highest BCUT2D eigenvalue weighted by molar-refractivity contribution is 9.10. The molecule has 0 bridgehead atoms. The Hall–Kier alpha value is -3.87. The first-order chi connectivity index (χ1) is 23.3. The van der Waals surface area contributed by atoms with Gasteiger partial charge in [-0.3, -0.25) is 13.9 Å². The normalized spacial score (nSPS) is 14.3. The Balaban J connectivity index is 1.62. The molecule has 0 aliphatic heterocycles. The molecule has 1 atom stereocenters. The van der Waals surface area contributed by atoms with Crippen LogP contribution >= 0.6 is 27.5 Å². The number of rotatable bonds is 12. The molecule has 13 heteroatoms.